The van der Waals surface area contributed by atoms with E-state index in [4.69, 9.17) is 13.7 Å². The molecule has 11 heteroatoms. The number of hydrogen-bond donors (Lipinski definition) is 2. The second-order valence-corrected chi connectivity index (χ2v) is 10.6. The highest BCUT2D eigenvalue weighted by Gasteiger charge is 2.26. The first-order valence-corrected chi connectivity index (χ1v) is 13.1. The molecule has 1 heterocycles. The Balaban J connectivity index is 1.70. The van der Waals surface area contributed by atoms with Crippen molar-refractivity contribution in [3.8, 4) is 11.5 Å². The zero-order valence-corrected chi connectivity index (χ0v) is 21.9. The summed E-state index contributed by atoms with van der Waals surface area (Å²) in [6, 6.07) is 12.8. The summed E-state index contributed by atoms with van der Waals surface area (Å²) in [4.78, 5) is 24.0. The minimum absolute atomic E-state index is 0.129. The highest BCUT2D eigenvalue weighted by Crippen LogP contribution is 2.38. The number of para-hydroxylation sites is 1. The largest absolute Gasteiger partial charge is 0.507 e. The zero-order valence-electron chi connectivity index (χ0n) is 17.9. The van der Waals surface area contributed by atoms with E-state index in [0.29, 0.717) is 28.7 Å². The van der Waals surface area contributed by atoms with Crippen LogP contribution in [0.5, 0.6) is 11.5 Å². The van der Waals surface area contributed by atoms with E-state index < -0.39 is 32.3 Å². The number of rotatable bonds is 7. The van der Waals surface area contributed by atoms with Crippen molar-refractivity contribution < 1.29 is 36.8 Å². The smallest absolute Gasteiger partial charge is 0.339 e. The van der Waals surface area contributed by atoms with E-state index in [1.54, 1.807) is 12.1 Å². The Hall–Kier alpha value is -3.15. The Morgan fingerprint density at radius 1 is 1.03 bits per heavy atom. The number of fused-ring (bicyclic) bond motifs is 1. The molecular weight excluding hydrogens is 608 g/mol. The number of hydrogen-bond acceptors (Lipinski definition) is 7. The van der Waals surface area contributed by atoms with Crippen molar-refractivity contribution in [3.63, 3.8) is 0 Å². The molecule has 0 aliphatic carbocycles. The van der Waals surface area contributed by atoms with Gasteiger partial charge < -0.3 is 18.8 Å². The SMILES string of the molecule is CCc1oc2ccccc2c1C(=O)c1cc(Br)c(OS(=O)(=O)c2ccc(C(=O)O)c(O)c2)c(Br)c1. The van der Waals surface area contributed by atoms with Gasteiger partial charge in [0.25, 0.3) is 0 Å². The summed E-state index contributed by atoms with van der Waals surface area (Å²) in [5.41, 5.74) is 0.830. The first-order chi connectivity index (χ1) is 16.5. The van der Waals surface area contributed by atoms with Crippen molar-refractivity contribution in [3.05, 3.63) is 86.0 Å². The average Bonchev–Trinajstić information content (AvgIpc) is 3.19. The summed E-state index contributed by atoms with van der Waals surface area (Å²) in [6.07, 6.45) is 0.505. The van der Waals surface area contributed by atoms with Gasteiger partial charge >= 0.3 is 16.1 Å². The van der Waals surface area contributed by atoms with Crippen molar-refractivity contribution in [1.82, 2.24) is 0 Å². The Kier molecular flexibility index (Phi) is 6.76. The molecule has 0 fully saturated rings. The molecule has 0 unspecified atom stereocenters. The minimum atomic E-state index is -4.45. The number of carboxylic acids is 1. The van der Waals surface area contributed by atoms with Crippen molar-refractivity contribution in [2.24, 2.45) is 0 Å². The normalized spacial score (nSPS) is 11.5. The molecule has 1 aromatic heterocycles. The van der Waals surface area contributed by atoms with Crippen LogP contribution in [0.2, 0.25) is 0 Å². The predicted octanol–water partition coefficient (Wildman–Crippen LogP) is 5.92. The molecule has 0 spiro atoms. The first-order valence-electron chi connectivity index (χ1n) is 10.1. The van der Waals surface area contributed by atoms with Gasteiger partial charge in [0.1, 0.15) is 27.6 Å². The molecule has 0 amide bonds. The lowest BCUT2D eigenvalue weighted by Crippen LogP contribution is -2.12. The van der Waals surface area contributed by atoms with Crippen LogP contribution >= 0.6 is 31.9 Å². The quantitative estimate of drug-likeness (QED) is 0.191. The monoisotopic (exact) mass is 622 g/mol. The number of aromatic hydroxyl groups is 1. The first kappa shape index (κ1) is 25.0. The molecule has 0 atom stereocenters. The molecular formula is C24H16Br2O8S. The van der Waals surface area contributed by atoms with Crippen molar-refractivity contribution >= 4 is 64.7 Å². The number of carbonyl (C=O) groups is 2. The maximum absolute atomic E-state index is 13.4. The third-order valence-electron chi connectivity index (χ3n) is 5.16. The molecule has 0 saturated heterocycles. The molecule has 4 aromatic rings. The predicted molar refractivity (Wildman–Crippen MR) is 134 cm³/mol. The van der Waals surface area contributed by atoms with Crippen LogP contribution in [0.3, 0.4) is 0 Å². The molecule has 3 aromatic carbocycles. The summed E-state index contributed by atoms with van der Waals surface area (Å²) < 4.78 is 37.0. The van der Waals surface area contributed by atoms with Crippen LogP contribution in [0.25, 0.3) is 11.0 Å². The Bertz CT molecular complexity index is 1580. The fourth-order valence-corrected chi connectivity index (χ4v) is 6.06. The van der Waals surface area contributed by atoms with Crippen molar-refractivity contribution in [2.75, 3.05) is 0 Å². The molecule has 180 valence electrons. The number of halogens is 2. The van der Waals surface area contributed by atoms with Crippen molar-refractivity contribution in [1.29, 1.82) is 0 Å². The molecule has 0 bridgehead atoms. The number of aryl methyl sites for hydroxylation is 1. The van der Waals surface area contributed by atoms with E-state index in [-0.39, 0.29) is 26.0 Å². The molecule has 2 N–H and O–H groups in total. The van der Waals surface area contributed by atoms with Crippen LogP contribution in [-0.2, 0) is 16.5 Å². The summed E-state index contributed by atoms with van der Waals surface area (Å²) in [5.74, 6) is -2.03. The molecule has 4 rings (SSSR count). The lowest BCUT2D eigenvalue weighted by molar-refractivity contribution is 0.0693. The number of benzene rings is 3. The van der Waals surface area contributed by atoms with Gasteiger partial charge in [-0.3, -0.25) is 4.79 Å². The maximum atomic E-state index is 13.4. The van der Waals surface area contributed by atoms with Gasteiger partial charge in [-0.25, -0.2) is 4.79 Å². The number of carbonyl (C=O) groups excluding carboxylic acids is 1. The van der Waals surface area contributed by atoms with E-state index >= 15 is 0 Å². The second kappa shape index (κ2) is 9.48. The average molecular weight is 624 g/mol. The van der Waals surface area contributed by atoms with E-state index in [0.717, 1.165) is 18.2 Å². The van der Waals surface area contributed by atoms with Gasteiger partial charge in [-0.05, 0) is 62.2 Å². The topological polar surface area (TPSA) is 131 Å². The number of ketones is 1. The third kappa shape index (κ3) is 4.71. The summed E-state index contributed by atoms with van der Waals surface area (Å²) >= 11 is 6.53. The number of carboxylic acid groups (broad SMARTS) is 1. The summed E-state index contributed by atoms with van der Waals surface area (Å²) in [5, 5.41) is 19.5. The number of aromatic carboxylic acids is 1. The molecule has 8 nitrogen and oxygen atoms in total. The summed E-state index contributed by atoms with van der Waals surface area (Å²) in [6.45, 7) is 1.88. The maximum Gasteiger partial charge on any atom is 0.339 e. The van der Waals surface area contributed by atoms with Gasteiger partial charge in [0, 0.05) is 23.4 Å². The Morgan fingerprint density at radius 3 is 2.29 bits per heavy atom. The van der Waals surface area contributed by atoms with Crippen LogP contribution in [0.4, 0.5) is 0 Å². The second-order valence-electron chi connectivity index (χ2n) is 7.37. The number of furan rings is 1. The highest BCUT2D eigenvalue weighted by atomic mass is 79.9. The van der Waals surface area contributed by atoms with Crippen LogP contribution in [0, 0.1) is 0 Å². The Labute approximate surface area is 216 Å². The van der Waals surface area contributed by atoms with Crippen LogP contribution in [0.1, 0.15) is 39.0 Å². The number of phenols is 1. The Morgan fingerprint density at radius 2 is 1.69 bits per heavy atom. The molecule has 35 heavy (non-hydrogen) atoms. The molecule has 0 radical (unpaired) electrons. The van der Waals surface area contributed by atoms with Crippen LogP contribution in [0.15, 0.2) is 72.9 Å². The standard InChI is InChI=1S/C24H16Br2O8S/c1-2-19-21(15-5-3-4-6-20(15)33-19)22(28)12-9-16(25)23(17(26)10-12)34-35(31,32)13-7-8-14(24(29)30)18(27)11-13/h3-11,27H,2H2,1H3,(H,29,30). The lowest BCUT2D eigenvalue weighted by atomic mass is 9.99. The van der Waals surface area contributed by atoms with Gasteiger partial charge in [-0.15, -0.1) is 0 Å². The van der Waals surface area contributed by atoms with Gasteiger partial charge in [-0.1, -0.05) is 25.1 Å². The van der Waals surface area contributed by atoms with Gasteiger partial charge in [0.15, 0.2) is 11.5 Å². The third-order valence-corrected chi connectivity index (χ3v) is 7.55. The highest BCUT2D eigenvalue weighted by molar-refractivity contribution is 9.11. The molecule has 0 saturated carbocycles. The lowest BCUT2D eigenvalue weighted by Gasteiger charge is -2.13. The summed E-state index contributed by atoms with van der Waals surface area (Å²) in [7, 11) is -4.45. The van der Waals surface area contributed by atoms with E-state index in [1.807, 2.05) is 19.1 Å². The van der Waals surface area contributed by atoms with Crippen molar-refractivity contribution in [2.45, 2.75) is 18.2 Å². The van der Waals surface area contributed by atoms with Crippen LogP contribution in [-0.4, -0.2) is 30.4 Å². The van der Waals surface area contributed by atoms with E-state index in [9.17, 15) is 23.1 Å². The van der Waals surface area contributed by atoms with E-state index in [1.165, 1.54) is 12.1 Å². The van der Waals surface area contributed by atoms with Gasteiger partial charge in [-0.2, -0.15) is 8.42 Å². The van der Waals surface area contributed by atoms with E-state index in [2.05, 4.69) is 31.9 Å². The molecule has 0 aliphatic heterocycles. The fourth-order valence-electron chi connectivity index (χ4n) is 3.51. The zero-order chi connectivity index (χ0) is 25.5. The minimum Gasteiger partial charge on any atom is -0.507 e. The van der Waals surface area contributed by atoms with Crippen LogP contribution < -0.4 is 4.18 Å². The van der Waals surface area contributed by atoms with Gasteiger partial charge in [0.05, 0.1) is 14.5 Å². The fraction of sp³-hybridized carbons (Fsp3) is 0.0833. The van der Waals surface area contributed by atoms with Gasteiger partial charge in [0.2, 0.25) is 0 Å². The molecule has 0 aliphatic rings.